The van der Waals surface area contributed by atoms with Crippen LogP contribution in [0.15, 0.2) is 47.3 Å². The van der Waals surface area contributed by atoms with Gasteiger partial charge in [-0.25, -0.2) is 4.79 Å². The van der Waals surface area contributed by atoms with Crippen LogP contribution in [0.4, 0.5) is 4.79 Å². The van der Waals surface area contributed by atoms with Gasteiger partial charge in [0.05, 0.1) is 25.0 Å². The molecule has 0 saturated carbocycles. The van der Waals surface area contributed by atoms with Crippen LogP contribution in [0.5, 0.6) is 0 Å². The number of primary amides is 1. The minimum Gasteiger partial charge on any atom is -0.472 e. The van der Waals surface area contributed by atoms with Crippen LogP contribution in [0.2, 0.25) is 0 Å². The smallest absolute Gasteiger partial charge is 0.312 e. The molecule has 1 atom stereocenters. The Balaban J connectivity index is 1.99. The monoisotopic (exact) mass is 301 g/mol. The lowest BCUT2D eigenvalue weighted by Gasteiger charge is -2.18. The molecule has 2 aromatic rings. The van der Waals surface area contributed by atoms with Crippen molar-refractivity contribution in [1.29, 1.82) is 0 Å². The molecule has 0 bridgehead atoms. The van der Waals surface area contributed by atoms with Crippen molar-refractivity contribution in [2.75, 3.05) is 0 Å². The van der Waals surface area contributed by atoms with E-state index in [0.717, 1.165) is 16.7 Å². The first-order chi connectivity index (χ1) is 10.5. The summed E-state index contributed by atoms with van der Waals surface area (Å²) in [5.41, 5.74) is 7.97. The van der Waals surface area contributed by atoms with Gasteiger partial charge in [0.15, 0.2) is 0 Å². The fourth-order valence-electron chi connectivity index (χ4n) is 2.16. The molecule has 6 heteroatoms. The van der Waals surface area contributed by atoms with Gasteiger partial charge in [-0.1, -0.05) is 29.8 Å². The zero-order chi connectivity index (χ0) is 15.9. The second-order valence-electron chi connectivity index (χ2n) is 5.09. The highest BCUT2D eigenvalue weighted by Gasteiger charge is 2.17. The predicted molar refractivity (Wildman–Crippen MR) is 81.8 cm³/mol. The van der Waals surface area contributed by atoms with Crippen LogP contribution in [0.25, 0.3) is 0 Å². The van der Waals surface area contributed by atoms with Crippen molar-refractivity contribution >= 4 is 11.9 Å². The molecule has 3 amide bonds. The third kappa shape index (κ3) is 4.66. The largest absolute Gasteiger partial charge is 0.472 e. The number of nitrogens with two attached hydrogens (primary N) is 1. The molecule has 1 heterocycles. The Hall–Kier alpha value is -2.76. The van der Waals surface area contributed by atoms with Gasteiger partial charge in [0.2, 0.25) is 5.91 Å². The summed E-state index contributed by atoms with van der Waals surface area (Å²) in [5, 5.41) is 5.39. The first-order valence-electron chi connectivity index (χ1n) is 6.95. The van der Waals surface area contributed by atoms with Gasteiger partial charge in [0.25, 0.3) is 0 Å². The molecule has 0 saturated heterocycles. The number of hydrogen-bond donors (Lipinski definition) is 3. The molecule has 0 aliphatic rings. The normalized spacial score (nSPS) is 11.7. The number of urea groups is 1. The minimum atomic E-state index is -0.658. The van der Waals surface area contributed by atoms with E-state index < -0.39 is 12.1 Å². The summed E-state index contributed by atoms with van der Waals surface area (Å²) in [6.45, 7) is 2.33. The number of furan rings is 1. The average Bonchev–Trinajstić information content (AvgIpc) is 2.97. The number of benzene rings is 1. The van der Waals surface area contributed by atoms with Crippen LogP contribution in [0.3, 0.4) is 0 Å². The van der Waals surface area contributed by atoms with Crippen molar-refractivity contribution in [2.45, 2.75) is 25.9 Å². The number of amides is 3. The van der Waals surface area contributed by atoms with Crippen LogP contribution < -0.4 is 16.4 Å². The fourth-order valence-corrected chi connectivity index (χ4v) is 2.16. The van der Waals surface area contributed by atoms with Gasteiger partial charge in [-0.2, -0.15) is 0 Å². The summed E-state index contributed by atoms with van der Waals surface area (Å²) in [6.07, 6.45) is 3.23. The Morgan fingerprint density at radius 1 is 1.32 bits per heavy atom. The zero-order valence-electron chi connectivity index (χ0n) is 12.3. The van der Waals surface area contributed by atoms with Crippen LogP contribution in [0.1, 0.15) is 29.2 Å². The molecule has 0 aliphatic heterocycles. The van der Waals surface area contributed by atoms with Crippen molar-refractivity contribution in [1.82, 2.24) is 10.6 Å². The Bertz CT molecular complexity index is 638. The molecule has 2 rings (SSSR count). The molecule has 1 aromatic carbocycles. The first kappa shape index (κ1) is 15.6. The van der Waals surface area contributed by atoms with Crippen LogP contribution >= 0.6 is 0 Å². The van der Waals surface area contributed by atoms with Crippen LogP contribution in [0, 0.1) is 6.92 Å². The number of rotatable bonds is 6. The molecule has 0 spiro atoms. The van der Waals surface area contributed by atoms with Gasteiger partial charge in [0.1, 0.15) is 0 Å². The molecule has 0 aliphatic carbocycles. The van der Waals surface area contributed by atoms with Crippen molar-refractivity contribution < 1.29 is 14.0 Å². The Morgan fingerprint density at radius 2 is 2.14 bits per heavy atom. The van der Waals surface area contributed by atoms with Gasteiger partial charge in [-0.05, 0) is 18.6 Å². The summed E-state index contributed by atoms with van der Waals surface area (Å²) >= 11 is 0. The maximum absolute atomic E-state index is 12.1. The van der Waals surface area contributed by atoms with E-state index in [9.17, 15) is 9.59 Å². The third-order valence-corrected chi connectivity index (χ3v) is 3.22. The second-order valence-corrected chi connectivity index (χ2v) is 5.09. The standard InChI is InChI=1S/C16H19N3O3/c1-11-3-2-4-13(7-11)14(19-16(17)21)8-15(20)18-9-12-5-6-22-10-12/h2-7,10,14H,8-9H2,1H3,(H,18,20)(H3,17,19,21). The SMILES string of the molecule is Cc1cccc(C(CC(=O)NCc2ccoc2)NC(N)=O)c1. The maximum atomic E-state index is 12.1. The molecule has 116 valence electrons. The number of aryl methyl sites for hydroxylation is 1. The van der Waals surface area contributed by atoms with Gasteiger partial charge in [0, 0.05) is 12.1 Å². The van der Waals surface area contributed by atoms with Gasteiger partial charge >= 0.3 is 6.03 Å². The average molecular weight is 301 g/mol. The van der Waals surface area contributed by atoms with Gasteiger partial charge < -0.3 is 20.8 Å². The molecule has 1 aromatic heterocycles. The van der Waals surface area contributed by atoms with Gasteiger partial charge in [-0.3, -0.25) is 4.79 Å². The number of carbonyl (C=O) groups excluding carboxylic acids is 2. The molecule has 4 N–H and O–H groups in total. The van der Waals surface area contributed by atoms with Crippen LogP contribution in [-0.4, -0.2) is 11.9 Å². The highest BCUT2D eigenvalue weighted by Crippen LogP contribution is 2.18. The molecular formula is C16H19N3O3. The van der Waals surface area contributed by atoms with E-state index in [1.807, 2.05) is 31.2 Å². The summed E-state index contributed by atoms with van der Waals surface area (Å²) in [4.78, 5) is 23.2. The lowest BCUT2D eigenvalue weighted by Crippen LogP contribution is -2.36. The molecule has 22 heavy (non-hydrogen) atoms. The fraction of sp³-hybridized carbons (Fsp3) is 0.250. The Kier molecular flexibility index (Phi) is 5.19. The zero-order valence-corrected chi connectivity index (χ0v) is 12.3. The lowest BCUT2D eigenvalue weighted by molar-refractivity contribution is -0.121. The van der Waals surface area contributed by atoms with Crippen molar-refractivity contribution in [3.63, 3.8) is 0 Å². The maximum Gasteiger partial charge on any atom is 0.312 e. The van der Waals surface area contributed by atoms with Crippen molar-refractivity contribution in [3.05, 3.63) is 59.5 Å². The number of nitrogens with one attached hydrogen (secondary N) is 2. The van der Waals surface area contributed by atoms with E-state index >= 15 is 0 Å². The summed E-state index contributed by atoms with van der Waals surface area (Å²) in [5.74, 6) is -0.179. The topological polar surface area (TPSA) is 97.4 Å². The molecule has 0 radical (unpaired) electrons. The summed E-state index contributed by atoms with van der Waals surface area (Å²) in [7, 11) is 0. The van der Waals surface area contributed by atoms with E-state index in [1.54, 1.807) is 18.6 Å². The number of carbonyl (C=O) groups is 2. The highest BCUT2D eigenvalue weighted by atomic mass is 16.3. The molecule has 0 fully saturated rings. The number of hydrogen-bond acceptors (Lipinski definition) is 3. The molecular weight excluding hydrogens is 282 g/mol. The minimum absolute atomic E-state index is 0.115. The van der Waals surface area contributed by atoms with E-state index in [0.29, 0.717) is 6.54 Å². The first-order valence-corrected chi connectivity index (χ1v) is 6.95. The van der Waals surface area contributed by atoms with Crippen molar-refractivity contribution in [2.24, 2.45) is 5.73 Å². The lowest BCUT2D eigenvalue weighted by atomic mass is 10.0. The highest BCUT2D eigenvalue weighted by molar-refractivity contribution is 5.78. The summed E-state index contributed by atoms with van der Waals surface area (Å²) < 4.78 is 4.94. The van der Waals surface area contributed by atoms with Crippen LogP contribution in [-0.2, 0) is 11.3 Å². The van der Waals surface area contributed by atoms with E-state index in [-0.39, 0.29) is 12.3 Å². The van der Waals surface area contributed by atoms with E-state index in [2.05, 4.69) is 10.6 Å². The Labute approximate surface area is 128 Å². The summed E-state index contributed by atoms with van der Waals surface area (Å²) in [6, 6.07) is 8.27. The second kappa shape index (κ2) is 7.31. The van der Waals surface area contributed by atoms with E-state index in [1.165, 1.54) is 0 Å². The molecule has 1 unspecified atom stereocenters. The third-order valence-electron chi connectivity index (χ3n) is 3.22. The Morgan fingerprint density at radius 3 is 2.77 bits per heavy atom. The van der Waals surface area contributed by atoms with Gasteiger partial charge in [-0.15, -0.1) is 0 Å². The quantitative estimate of drug-likeness (QED) is 0.761. The predicted octanol–water partition coefficient (Wildman–Crippen LogP) is 2.00. The van der Waals surface area contributed by atoms with E-state index in [4.69, 9.17) is 10.2 Å². The molecule has 6 nitrogen and oxygen atoms in total. The van der Waals surface area contributed by atoms with Crippen molar-refractivity contribution in [3.8, 4) is 0 Å².